The lowest BCUT2D eigenvalue weighted by Crippen LogP contribution is -1.97. The van der Waals surface area contributed by atoms with Crippen molar-refractivity contribution in [2.24, 2.45) is 0 Å². The van der Waals surface area contributed by atoms with Crippen LogP contribution in [-0.2, 0) is 0 Å². The third kappa shape index (κ3) is 2.88. The molecule has 35 heavy (non-hydrogen) atoms. The number of rotatable bonds is 3. The Hall–Kier alpha value is -4.63. The molecule has 0 radical (unpaired) electrons. The molecule has 0 atom stereocenters. The molecule has 0 saturated heterocycles. The maximum absolute atomic E-state index is 5.91. The van der Waals surface area contributed by atoms with Gasteiger partial charge in [0.15, 0.2) is 0 Å². The number of benzene rings is 5. The van der Waals surface area contributed by atoms with Gasteiger partial charge in [0.05, 0.1) is 29.4 Å². The van der Waals surface area contributed by atoms with Crippen LogP contribution in [0.5, 0.6) is 5.75 Å². The molecule has 0 saturated carbocycles. The molecule has 0 bridgehead atoms. The van der Waals surface area contributed by atoms with E-state index in [9.17, 15) is 0 Å². The van der Waals surface area contributed by atoms with Crippen LogP contribution < -0.4 is 4.74 Å². The van der Waals surface area contributed by atoms with Crippen molar-refractivity contribution in [1.82, 2.24) is 9.55 Å². The van der Waals surface area contributed by atoms with E-state index in [1.807, 2.05) is 6.07 Å². The van der Waals surface area contributed by atoms with Crippen LogP contribution in [0.15, 0.2) is 115 Å². The third-order valence-electron chi connectivity index (χ3n) is 6.86. The molecule has 0 amide bonds. The van der Waals surface area contributed by atoms with Gasteiger partial charge in [0, 0.05) is 27.4 Å². The molecule has 0 fully saturated rings. The van der Waals surface area contributed by atoms with E-state index in [-0.39, 0.29) is 0 Å². The van der Waals surface area contributed by atoms with E-state index in [1.165, 1.54) is 10.8 Å². The van der Waals surface area contributed by atoms with Crippen molar-refractivity contribution in [2.75, 3.05) is 7.11 Å². The number of para-hydroxylation sites is 3. The first-order chi connectivity index (χ1) is 17.3. The van der Waals surface area contributed by atoms with Gasteiger partial charge in [0.25, 0.3) is 0 Å². The number of hydrogen-bond acceptors (Lipinski definition) is 2. The van der Waals surface area contributed by atoms with Gasteiger partial charge in [-0.3, -0.25) is 0 Å². The number of fused-ring (bicyclic) bond motifs is 6. The highest BCUT2D eigenvalue weighted by Gasteiger charge is 2.23. The van der Waals surface area contributed by atoms with Crippen LogP contribution >= 0.6 is 0 Å². The van der Waals surface area contributed by atoms with Crippen LogP contribution in [0.25, 0.3) is 60.4 Å². The quantitative estimate of drug-likeness (QED) is 0.271. The zero-order chi connectivity index (χ0) is 23.4. The fraction of sp³-hybridized carbons (Fsp3) is 0.0312. The molecule has 0 unspecified atom stereocenters. The Kier molecular flexibility index (Phi) is 4.36. The monoisotopic (exact) mass is 450 g/mol. The summed E-state index contributed by atoms with van der Waals surface area (Å²) in [5.74, 6) is 0.843. The van der Waals surface area contributed by atoms with Crippen LogP contribution in [-0.4, -0.2) is 16.7 Å². The average Bonchev–Trinajstić information content (AvgIpc) is 3.29. The molecule has 2 aromatic heterocycles. The van der Waals surface area contributed by atoms with E-state index in [2.05, 4.69) is 114 Å². The highest BCUT2D eigenvalue weighted by Crippen LogP contribution is 2.44. The number of aromatic nitrogens is 2. The molecule has 0 aliphatic heterocycles. The van der Waals surface area contributed by atoms with Gasteiger partial charge in [-0.1, -0.05) is 91.0 Å². The summed E-state index contributed by atoms with van der Waals surface area (Å²) in [4.78, 5) is 5.28. The molecule has 166 valence electrons. The standard InChI is InChI=1S/C32H22N2O/c1-35-28-20-10-18-26-29-30(24-17-9-12-21-11-5-6-15-23(21)24)33-27-19-8-7-16-25(27)32(29)34(31(26)28)22-13-3-2-4-14-22/h2-20H,1H3. The first kappa shape index (κ1) is 19.8. The fourth-order valence-electron chi connectivity index (χ4n) is 5.38. The lowest BCUT2D eigenvalue weighted by atomic mass is 9.97. The molecule has 5 aromatic carbocycles. The normalized spacial score (nSPS) is 11.6. The molecule has 0 aliphatic carbocycles. The Bertz CT molecular complexity index is 1880. The number of ether oxygens (including phenoxy) is 1. The molecule has 2 heterocycles. The lowest BCUT2D eigenvalue weighted by molar-refractivity contribution is 0.418. The second-order valence-electron chi connectivity index (χ2n) is 8.76. The Morgan fingerprint density at radius 3 is 2.14 bits per heavy atom. The molecule has 3 nitrogen and oxygen atoms in total. The summed E-state index contributed by atoms with van der Waals surface area (Å²) in [5.41, 5.74) is 6.39. The second-order valence-corrected chi connectivity index (χ2v) is 8.76. The second kappa shape index (κ2) is 7.71. The van der Waals surface area contributed by atoms with Gasteiger partial charge in [-0.2, -0.15) is 0 Å². The zero-order valence-corrected chi connectivity index (χ0v) is 19.3. The fourth-order valence-corrected chi connectivity index (χ4v) is 5.38. The van der Waals surface area contributed by atoms with E-state index in [4.69, 9.17) is 9.72 Å². The minimum atomic E-state index is 0.843. The van der Waals surface area contributed by atoms with Crippen molar-refractivity contribution in [3.8, 4) is 22.7 Å². The minimum absolute atomic E-state index is 0.843. The SMILES string of the molecule is COc1cccc2c3c(-c4cccc5ccccc45)nc4ccccc4c3n(-c3ccccc3)c12. The highest BCUT2D eigenvalue weighted by atomic mass is 16.5. The van der Waals surface area contributed by atoms with Crippen LogP contribution in [0.3, 0.4) is 0 Å². The summed E-state index contributed by atoms with van der Waals surface area (Å²) >= 11 is 0. The van der Waals surface area contributed by atoms with Crippen LogP contribution in [0.2, 0.25) is 0 Å². The Labute approximate surface area is 202 Å². The van der Waals surface area contributed by atoms with Gasteiger partial charge < -0.3 is 9.30 Å². The van der Waals surface area contributed by atoms with Crippen molar-refractivity contribution < 1.29 is 4.74 Å². The zero-order valence-electron chi connectivity index (χ0n) is 19.3. The van der Waals surface area contributed by atoms with E-state index in [0.717, 1.165) is 55.4 Å². The van der Waals surface area contributed by atoms with E-state index in [0.29, 0.717) is 0 Å². The molecule has 7 rings (SSSR count). The van der Waals surface area contributed by atoms with Crippen LogP contribution in [0.1, 0.15) is 0 Å². The van der Waals surface area contributed by atoms with Gasteiger partial charge in [0.2, 0.25) is 0 Å². The van der Waals surface area contributed by atoms with E-state index >= 15 is 0 Å². The summed E-state index contributed by atoms with van der Waals surface area (Å²) in [6, 6.07) is 40.2. The molecule has 7 aromatic rings. The number of methoxy groups -OCH3 is 1. The van der Waals surface area contributed by atoms with Crippen LogP contribution in [0.4, 0.5) is 0 Å². The Balaban J connectivity index is 1.78. The predicted molar refractivity (Wildman–Crippen MR) is 146 cm³/mol. The van der Waals surface area contributed by atoms with Gasteiger partial charge in [-0.15, -0.1) is 0 Å². The first-order valence-corrected chi connectivity index (χ1v) is 11.8. The van der Waals surface area contributed by atoms with Gasteiger partial charge in [-0.25, -0.2) is 4.98 Å². The summed E-state index contributed by atoms with van der Waals surface area (Å²) in [5, 5.41) is 5.79. The summed E-state index contributed by atoms with van der Waals surface area (Å²) in [6.45, 7) is 0. The topological polar surface area (TPSA) is 27.1 Å². The van der Waals surface area contributed by atoms with Gasteiger partial charge >= 0.3 is 0 Å². The van der Waals surface area contributed by atoms with E-state index in [1.54, 1.807) is 7.11 Å². The van der Waals surface area contributed by atoms with Crippen molar-refractivity contribution in [2.45, 2.75) is 0 Å². The number of nitrogens with zero attached hydrogens (tertiary/aromatic N) is 2. The van der Waals surface area contributed by atoms with Crippen molar-refractivity contribution in [1.29, 1.82) is 0 Å². The Morgan fingerprint density at radius 1 is 0.600 bits per heavy atom. The molecule has 0 aliphatic rings. The summed E-state index contributed by atoms with van der Waals surface area (Å²) in [7, 11) is 1.74. The highest BCUT2D eigenvalue weighted by molar-refractivity contribution is 6.24. The third-order valence-corrected chi connectivity index (χ3v) is 6.86. The maximum Gasteiger partial charge on any atom is 0.143 e. The molecular weight excluding hydrogens is 428 g/mol. The van der Waals surface area contributed by atoms with Gasteiger partial charge in [-0.05, 0) is 35.0 Å². The number of pyridine rings is 1. The van der Waals surface area contributed by atoms with Crippen LogP contribution in [0, 0.1) is 0 Å². The first-order valence-electron chi connectivity index (χ1n) is 11.8. The minimum Gasteiger partial charge on any atom is -0.495 e. The van der Waals surface area contributed by atoms with Gasteiger partial charge in [0.1, 0.15) is 5.75 Å². The van der Waals surface area contributed by atoms with Crippen molar-refractivity contribution in [3.63, 3.8) is 0 Å². The molecular formula is C32H22N2O. The molecule has 0 N–H and O–H groups in total. The maximum atomic E-state index is 5.91. The summed E-state index contributed by atoms with van der Waals surface area (Å²) < 4.78 is 8.24. The Morgan fingerprint density at radius 2 is 1.29 bits per heavy atom. The van der Waals surface area contributed by atoms with Crippen molar-refractivity contribution >= 4 is 43.5 Å². The number of hydrogen-bond donors (Lipinski definition) is 0. The van der Waals surface area contributed by atoms with E-state index < -0.39 is 0 Å². The average molecular weight is 451 g/mol. The smallest absolute Gasteiger partial charge is 0.143 e. The largest absolute Gasteiger partial charge is 0.495 e. The molecule has 3 heteroatoms. The lowest BCUT2D eigenvalue weighted by Gasteiger charge is -2.13. The summed E-state index contributed by atoms with van der Waals surface area (Å²) in [6.07, 6.45) is 0. The predicted octanol–water partition coefficient (Wildman–Crippen LogP) is 8.16. The van der Waals surface area contributed by atoms with Crippen molar-refractivity contribution in [3.05, 3.63) is 115 Å². The molecule has 0 spiro atoms.